The molecule has 14 nitrogen and oxygen atoms in total. The Hall–Kier alpha value is -4.66. The summed E-state index contributed by atoms with van der Waals surface area (Å²) < 4.78 is 16.4. The number of ether oxygens (including phenoxy) is 3. The van der Waals surface area contributed by atoms with E-state index < -0.39 is 84.3 Å². The Morgan fingerprint density at radius 2 is 1.62 bits per heavy atom. The van der Waals surface area contributed by atoms with E-state index in [-0.39, 0.29) is 5.75 Å². The van der Waals surface area contributed by atoms with Gasteiger partial charge >= 0.3 is 11.9 Å². The van der Waals surface area contributed by atoms with Crippen LogP contribution in [0.3, 0.4) is 0 Å². The van der Waals surface area contributed by atoms with Crippen molar-refractivity contribution in [2.24, 2.45) is 0 Å². The first-order valence-corrected chi connectivity index (χ1v) is 17.6. The van der Waals surface area contributed by atoms with Gasteiger partial charge in [-0.15, -0.1) is 0 Å². The standard InChI is InChI=1S/C38H52N2O12/c1-5-6-7-8-9-10-19-50-26-15-13-25(14-16-26)39-35(47)27(21-33(45)52-37(2,3)4)40-36(48)38(49)22-30(43)34(46)31(23-38)51-32(44)18-12-24-11-17-28(41)29(42)20-24/h11-18,20,27,30-31,34,41-43,46,49H,5-10,19,21-23H2,1-4H3,(H,39,47)(H,40,48)/b18-12+. The third kappa shape index (κ3) is 13.5. The molecule has 0 aliphatic heterocycles. The average molecular weight is 729 g/mol. The highest BCUT2D eigenvalue weighted by Crippen LogP contribution is 2.32. The molecule has 1 fully saturated rings. The monoisotopic (exact) mass is 728 g/mol. The maximum atomic E-state index is 13.5. The predicted molar refractivity (Wildman–Crippen MR) is 191 cm³/mol. The van der Waals surface area contributed by atoms with E-state index in [0.29, 0.717) is 23.6 Å². The van der Waals surface area contributed by atoms with Crippen molar-refractivity contribution in [3.63, 3.8) is 0 Å². The summed E-state index contributed by atoms with van der Waals surface area (Å²) in [6.45, 7) is 7.63. The van der Waals surface area contributed by atoms with Gasteiger partial charge < -0.3 is 50.4 Å². The molecule has 7 N–H and O–H groups in total. The number of aliphatic hydroxyl groups excluding tert-OH is 2. The van der Waals surface area contributed by atoms with Gasteiger partial charge in [0.05, 0.1) is 19.1 Å². The van der Waals surface area contributed by atoms with E-state index in [4.69, 9.17) is 14.2 Å². The largest absolute Gasteiger partial charge is 0.504 e. The van der Waals surface area contributed by atoms with Crippen LogP contribution in [-0.4, -0.2) is 91.4 Å². The van der Waals surface area contributed by atoms with Crippen molar-refractivity contribution in [1.82, 2.24) is 5.32 Å². The number of amides is 2. The highest BCUT2D eigenvalue weighted by molar-refractivity contribution is 6.00. The smallest absolute Gasteiger partial charge is 0.331 e. The van der Waals surface area contributed by atoms with Gasteiger partial charge in [0.15, 0.2) is 11.5 Å². The van der Waals surface area contributed by atoms with E-state index in [1.54, 1.807) is 45.0 Å². The number of anilines is 1. The van der Waals surface area contributed by atoms with Gasteiger partial charge in [0, 0.05) is 24.6 Å². The minimum Gasteiger partial charge on any atom is -0.504 e. The Morgan fingerprint density at radius 3 is 2.27 bits per heavy atom. The van der Waals surface area contributed by atoms with Crippen LogP contribution in [-0.2, 0) is 28.7 Å². The molecule has 5 atom stereocenters. The molecule has 0 saturated heterocycles. The molecule has 286 valence electrons. The lowest BCUT2D eigenvalue weighted by molar-refractivity contribution is -0.187. The number of aromatic hydroxyl groups is 2. The topological polar surface area (TPSA) is 221 Å². The molecule has 5 unspecified atom stereocenters. The van der Waals surface area contributed by atoms with Crippen LogP contribution >= 0.6 is 0 Å². The summed E-state index contributed by atoms with van der Waals surface area (Å²) in [5.41, 5.74) is -2.66. The van der Waals surface area contributed by atoms with E-state index in [1.807, 2.05) is 0 Å². The number of carbonyl (C=O) groups excluding carboxylic acids is 4. The van der Waals surface area contributed by atoms with Crippen LogP contribution in [0.2, 0.25) is 0 Å². The zero-order valence-electron chi connectivity index (χ0n) is 30.2. The van der Waals surface area contributed by atoms with E-state index in [1.165, 1.54) is 43.5 Å². The Labute approximate surface area is 303 Å². The van der Waals surface area contributed by atoms with Crippen molar-refractivity contribution in [3.8, 4) is 17.2 Å². The first kappa shape index (κ1) is 41.8. The molecule has 2 aromatic carbocycles. The second kappa shape index (κ2) is 19.3. The zero-order chi connectivity index (χ0) is 38.5. The number of hydrogen-bond acceptors (Lipinski definition) is 12. The fourth-order valence-electron chi connectivity index (χ4n) is 5.53. The summed E-state index contributed by atoms with van der Waals surface area (Å²) >= 11 is 0. The molecule has 0 spiro atoms. The van der Waals surface area contributed by atoms with Gasteiger partial charge in [0.2, 0.25) is 5.91 Å². The van der Waals surface area contributed by atoms with E-state index >= 15 is 0 Å². The molecule has 2 amide bonds. The Bertz CT molecular complexity index is 1540. The molecule has 52 heavy (non-hydrogen) atoms. The Kier molecular flexibility index (Phi) is 15.5. The lowest BCUT2D eigenvalue weighted by Crippen LogP contribution is -2.62. The van der Waals surface area contributed by atoms with Crippen LogP contribution in [0, 0.1) is 0 Å². The second-order valence-corrected chi connectivity index (χ2v) is 14.0. The van der Waals surface area contributed by atoms with Gasteiger partial charge in [0.25, 0.3) is 5.91 Å². The van der Waals surface area contributed by atoms with Crippen molar-refractivity contribution in [2.75, 3.05) is 11.9 Å². The molecule has 0 bridgehead atoms. The third-order valence-electron chi connectivity index (χ3n) is 8.26. The fraction of sp³-hybridized carbons (Fsp3) is 0.526. The summed E-state index contributed by atoms with van der Waals surface area (Å²) in [6, 6.07) is 8.83. The van der Waals surface area contributed by atoms with E-state index in [9.17, 15) is 44.7 Å². The summed E-state index contributed by atoms with van der Waals surface area (Å²) in [4.78, 5) is 52.3. The third-order valence-corrected chi connectivity index (χ3v) is 8.26. The number of esters is 2. The molecule has 1 saturated carbocycles. The predicted octanol–water partition coefficient (Wildman–Crippen LogP) is 3.86. The first-order chi connectivity index (χ1) is 24.5. The zero-order valence-corrected chi connectivity index (χ0v) is 30.2. The van der Waals surface area contributed by atoms with Crippen LogP contribution in [0.5, 0.6) is 17.2 Å². The molecule has 0 aromatic heterocycles. The molecular weight excluding hydrogens is 676 g/mol. The molecular formula is C38H52N2O12. The number of unbranched alkanes of at least 4 members (excludes halogenated alkanes) is 5. The van der Waals surface area contributed by atoms with E-state index in [0.717, 1.165) is 25.3 Å². The fourth-order valence-corrected chi connectivity index (χ4v) is 5.53. The summed E-state index contributed by atoms with van der Waals surface area (Å²) in [5.74, 6) is -3.94. The van der Waals surface area contributed by atoms with E-state index in [2.05, 4.69) is 17.6 Å². The molecule has 14 heteroatoms. The van der Waals surface area contributed by atoms with Crippen LogP contribution in [0.4, 0.5) is 5.69 Å². The number of aliphatic hydroxyl groups is 3. The van der Waals surface area contributed by atoms with Crippen molar-refractivity contribution >= 4 is 35.5 Å². The number of phenolic OH excluding ortho intramolecular Hbond substituents is 2. The van der Waals surface area contributed by atoms with Gasteiger partial charge in [-0.3, -0.25) is 14.4 Å². The molecule has 2 aromatic rings. The number of nitrogens with one attached hydrogen (secondary N) is 2. The molecule has 1 aliphatic carbocycles. The SMILES string of the molecule is CCCCCCCCOc1ccc(NC(=O)C(CC(=O)OC(C)(C)C)NC(=O)C2(O)CC(O)C(O)C(OC(=O)/C=C/c3ccc(O)c(O)c3)C2)cc1. The first-order valence-electron chi connectivity index (χ1n) is 17.6. The van der Waals surface area contributed by atoms with Crippen LogP contribution in [0.15, 0.2) is 48.5 Å². The normalized spacial score (nSPS) is 20.9. The summed E-state index contributed by atoms with van der Waals surface area (Å²) in [7, 11) is 0. The molecule has 1 aliphatic rings. The van der Waals surface area contributed by atoms with Crippen molar-refractivity contribution in [2.45, 2.75) is 121 Å². The number of hydrogen-bond donors (Lipinski definition) is 7. The molecule has 0 radical (unpaired) electrons. The minimum absolute atomic E-state index is 0.328. The van der Waals surface area contributed by atoms with Gasteiger partial charge in [-0.25, -0.2) is 4.79 Å². The van der Waals surface area contributed by atoms with Crippen molar-refractivity contribution in [1.29, 1.82) is 0 Å². The van der Waals surface area contributed by atoms with Crippen molar-refractivity contribution in [3.05, 3.63) is 54.1 Å². The van der Waals surface area contributed by atoms with Crippen LogP contribution in [0.25, 0.3) is 6.08 Å². The number of benzene rings is 2. The minimum atomic E-state index is -2.43. The van der Waals surface area contributed by atoms with Gasteiger partial charge in [-0.2, -0.15) is 0 Å². The van der Waals surface area contributed by atoms with Gasteiger partial charge in [-0.05, 0) is 75.2 Å². The van der Waals surface area contributed by atoms with Crippen LogP contribution < -0.4 is 15.4 Å². The lowest BCUT2D eigenvalue weighted by atomic mass is 9.78. The van der Waals surface area contributed by atoms with Crippen LogP contribution in [0.1, 0.15) is 91.0 Å². The quantitative estimate of drug-likeness (QED) is 0.0534. The van der Waals surface area contributed by atoms with Gasteiger partial charge in [0.1, 0.15) is 35.2 Å². The number of carbonyl (C=O) groups is 4. The summed E-state index contributed by atoms with van der Waals surface area (Å²) in [5, 5.41) is 56.6. The molecule has 3 rings (SSSR count). The Balaban J connectivity index is 1.68. The number of rotatable bonds is 17. The molecule has 0 heterocycles. The Morgan fingerprint density at radius 1 is 0.942 bits per heavy atom. The van der Waals surface area contributed by atoms with Gasteiger partial charge in [-0.1, -0.05) is 45.1 Å². The highest BCUT2D eigenvalue weighted by atomic mass is 16.6. The average Bonchev–Trinajstić information content (AvgIpc) is 3.06. The lowest BCUT2D eigenvalue weighted by Gasteiger charge is -2.41. The summed E-state index contributed by atoms with van der Waals surface area (Å²) in [6.07, 6.45) is 2.11. The maximum absolute atomic E-state index is 13.5. The number of phenols is 2. The second-order valence-electron chi connectivity index (χ2n) is 14.0. The van der Waals surface area contributed by atoms with Crippen molar-refractivity contribution < 1.29 is 58.9 Å². The highest BCUT2D eigenvalue weighted by Gasteiger charge is 2.51. The maximum Gasteiger partial charge on any atom is 0.331 e.